The van der Waals surface area contributed by atoms with Gasteiger partial charge < -0.3 is 14.3 Å². The smallest absolute Gasteiger partial charge is 0.338 e. The minimum Gasteiger partial charge on any atom is -0.484 e. The molecule has 3 rings (SSSR count). The van der Waals surface area contributed by atoms with Crippen molar-refractivity contribution in [3.8, 4) is 0 Å². The van der Waals surface area contributed by atoms with Crippen molar-refractivity contribution in [3.63, 3.8) is 0 Å². The Hall–Kier alpha value is -3.87. The molecule has 170 valence electrons. The first-order valence-corrected chi connectivity index (χ1v) is 10.4. The van der Waals surface area contributed by atoms with Gasteiger partial charge in [-0.2, -0.15) is 0 Å². The van der Waals surface area contributed by atoms with Crippen LogP contribution in [0.4, 0.5) is 4.39 Å². The van der Waals surface area contributed by atoms with E-state index >= 15 is 0 Å². The molecule has 0 aliphatic heterocycles. The number of halogens is 1. The molecule has 0 amide bonds. The second-order valence-corrected chi connectivity index (χ2v) is 7.48. The number of allylic oxidation sites excluding steroid dienone is 2. The summed E-state index contributed by atoms with van der Waals surface area (Å²) >= 11 is 0. The summed E-state index contributed by atoms with van der Waals surface area (Å²) in [5, 5.41) is 0. The van der Waals surface area contributed by atoms with Gasteiger partial charge in [-0.1, -0.05) is 48.5 Å². The number of methoxy groups -OCH3 is 1. The number of carbonyl (C=O) groups excluding carboxylic acids is 4. The number of Topliss-reactive ketones (excluding diaryl/α,β-unsaturated/α-hetero) is 2. The minimum atomic E-state index is -0.830. The SMILES string of the molecule is COC(=O)C1=C(OCc2ccccc2)C(=O)C(C(=O)CCc2ccc(F)cc2)=CC1CC=O. The van der Waals surface area contributed by atoms with Gasteiger partial charge in [0.15, 0.2) is 11.5 Å². The molecule has 1 unspecified atom stereocenters. The van der Waals surface area contributed by atoms with Gasteiger partial charge in [0.1, 0.15) is 18.7 Å². The van der Waals surface area contributed by atoms with Crippen molar-refractivity contribution in [2.45, 2.75) is 25.9 Å². The van der Waals surface area contributed by atoms with Gasteiger partial charge in [0, 0.05) is 18.8 Å². The number of aryl methyl sites for hydroxylation is 1. The quantitative estimate of drug-likeness (QED) is 0.312. The van der Waals surface area contributed by atoms with E-state index in [1.54, 1.807) is 36.4 Å². The zero-order valence-electron chi connectivity index (χ0n) is 18.1. The molecule has 0 aromatic heterocycles. The molecule has 0 fully saturated rings. The summed E-state index contributed by atoms with van der Waals surface area (Å²) in [5.41, 5.74) is 1.28. The first kappa shape index (κ1) is 23.8. The highest BCUT2D eigenvalue weighted by molar-refractivity contribution is 6.27. The molecule has 0 spiro atoms. The zero-order chi connectivity index (χ0) is 23.8. The number of hydrogen-bond donors (Lipinski definition) is 0. The van der Waals surface area contributed by atoms with Crippen molar-refractivity contribution in [1.82, 2.24) is 0 Å². The van der Waals surface area contributed by atoms with E-state index in [-0.39, 0.29) is 42.2 Å². The Kier molecular flexibility index (Phi) is 8.02. The van der Waals surface area contributed by atoms with E-state index in [0.717, 1.165) is 11.1 Å². The lowest BCUT2D eigenvalue weighted by Crippen LogP contribution is -2.29. The predicted octanol–water partition coefficient (Wildman–Crippen LogP) is 3.69. The number of ether oxygens (including phenoxy) is 2. The largest absolute Gasteiger partial charge is 0.484 e. The molecular formula is C26H23FO6. The second kappa shape index (κ2) is 11.1. The fourth-order valence-corrected chi connectivity index (χ4v) is 3.55. The Morgan fingerprint density at radius 3 is 2.36 bits per heavy atom. The molecule has 2 aromatic rings. The first-order valence-electron chi connectivity index (χ1n) is 10.4. The molecule has 0 heterocycles. The van der Waals surface area contributed by atoms with Crippen molar-refractivity contribution in [1.29, 1.82) is 0 Å². The monoisotopic (exact) mass is 450 g/mol. The van der Waals surface area contributed by atoms with E-state index in [4.69, 9.17) is 9.47 Å². The molecule has 1 atom stereocenters. The molecule has 1 aliphatic carbocycles. The lowest BCUT2D eigenvalue weighted by molar-refractivity contribution is -0.138. The van der Waals surface area contributed by atoms with Gasteiger partial charge in [0.05, 0.1) is 18.3 Å². The van der Waals surface area contributed by atoms with Crippen LogP contribution in [0.1, 0.15) is 24.0 Å². The number of aldehydes is 1. The zero-order valence-corrected chi connectivity index (χ0v) is 18.1. The van der Waals surface area contributed by atoms with E-state index in [1.807, 2.05) is 6.07 Å². The van der Waals surface area contributed by atoms with Crippen LogP contribution < -0.4 is 0 Å². The van der Waals surface area contributed by atoms with Crippen molar-refractivity contribution in [3.05, 3.63) is 94.5 Å². The van der Waals surface area contributed by atoms with Crippen LogP contribution in [0.5, 0.6) is 0 Å². The first-order chi connectivity index (χ1) is 15.9. The Bertz CT molecular complexity index is 1100. The molecule has 33 heavy (non-hydrogen) atoms. The molecule has 7 heteroatoms. The van der Waals surface area contributed by atoms with E-state index in [1.165, 1.54) is 25.3 Å². The summed E-state index contributed by atoms with van der Waals surface area (Å²) < 4.78 is 23.7. The summed E-state index contributed by atoms with van der Waals surface area (Å²) in [7, 11) is 1.17. The topological polar surface area (TPSA) is 86.7 Å². The second-order valence-electron chi connectivity index (χ2n) is 7.48. The number of esters is 1. The van der Waals surface area contributed by atoms with Crippen LogP contribution in [0.15, 0.2) is 77.6 Å². The molecule has 0 N–H and O–H groups in total. The maximum atomic E-state index is 13.2. The lowest BCUT2D eigenvalue weighted by Gasteiger charge is -2.24. The number of ketones is 2. The van der Waals surface area contributed by atoms with Crippen LogP contribution in [0, 0.1) is 11.7 Å². The average Bonchev–Trinajstić information content (AvgIpc) is 2.83. The molecule has 0 saturated carbocycles. The predicted molar refractivity (Wildman–Crippen MR) is 117 cm³/mol. The van der Waals surface area contributed by atoms with Gasteiger partial charge in [0.2, 0.25) is 5.78 Å². The average molecular weight is 450 g/mol. The molecule has 1 aliphatic rings. The lowest BCUT2D eigenvalue weighted by atomic mass is 9.83. The van der Waals surface area contributed by atoms with Gasteiger partial charge in [-0.25, -0.2) is 9.18 Å². The van der Waals surface area contributed by atoms with Crippen LogP contribution >= 0.6 is 0 Å². The molecule has 0 radical (unpaired) electrons. The van der Waals surface area contributed by atoms with Crippen molar-refractivity contribution in [2.24, 2.45) is 5.92 Å². The number of hydrogen-bond acceptors (Lipinski definition) is 6. The fraction of sp³-hybridized carbons (Fsp3) is 0.231. The third-order valence-corrected chi connectivity index (χ3v) is 5.27. The minimum absolute atomic E-state index is 0.00343. The van der Waals surface area contributed by atoms with E-state index < -0.39 is 23.5 Å². The van der Waals surface area contributed by atoms with Gasteiger partial charge >= 0.3 is 5.97 Å². The Balaban J connectivity index is 1.87. The van der Waals surface area contributed by atoms with E-state index in [2.05, 4.69) is 0 Å². The van der Waals surface area contributed by atoms with Gasteiger partial charge in [-0.15, -0.1) is 0 Å². The van der Waals surface area contributed by atoms with Crippen molar-refractivity contribution >= 4 is 23.8 Å². The maximum absolute atomic E-state index is 13.2. The molecule has 0 bridgehead atoms. The van der Waals surface area contributed by atoms with Gasteiger partial charge in [0.25, 0.3) is 0 Å². The Morgan fingerprint density at radius 1 is 1.03 bits per heavy atom. The molecule has 6 nitrogen and oxygen atoms in total. The van der Waals surface area contributed by atoms with Gasteiger partial charge in [-0.05, 0) is 29.7 Å². The standard InChI is InChI=1S/C26H23FO6/c1-32-26(31)23-19(13-14-28)15-21(22(29)12-9-17-7-10-20(27)11-8-17)24(30)25(23)33-16-18-5-3-2-4-6-18/h2-8,10-11,14-15,19H,9,12-13,16H2,1H3. The Morgan fingerprint density at radius 2 is 1.73 bits per heavy atom. The van der Waals surface area contributed by atoms with Crippen molar-refractivity contribution in [2.75, 3.05) is 7.11 Å². The van der Waals surface area contributed by atoms with Gasteiger partial charge in [-0.3, -0.25) is 9.59 Å². The summed E-state index contributed by atoms with van der Waals surface area (Å²) in [4.78, 5) is 49.9. The molecule has 0 saturated heterocycles. The van der Waals surface area contributed by atoms with Crippen molar-refractivity contribution < 1.29 is 33.0 Å². The summed E-state index contributed by atoms with van der Waals surface area (Å²) in [6.07, 6.45) is 2.12. The fourth-order valence-electron chi connectivity index (χ4n) is 3.55. The van der Waals surface area contributed by atoms with E-state index in [0.29, 0.717) is 12.7 Å². The van der Waals surface area contributed by atoms with Crippen LogP contribution in [-0.4, -0.2) is 30.9 Å². The highest BCUT2D eigenvalue weighted by Crippen LogP contribution is 2.32. The normalized spacial score (nSPS) is 15.6. The molecule has 2 aromatic carbocycles. The third kappa shape index (κ3) is 5.88. The molecular weight excluding hydrogens is 427 g/mol. The summed E-state index contributed by atoms with van der Waals surface area (Å²) in [5.74, 6) is -3.48. The van der Waals surface area contributed by atoms with Crippen LogP contribution in [0.3, 0.4) is 0 Å². The highest BCUT2D eigenvalue weighted by atomic mass is 19.1. The summed E-state index contributed by atoms with van der Waals surface area (Å²) in [6, 6.07) is 14.7. The van der Waals surface area contributed by atoms with Crippen LogP contribution in [-0.2, 0) is 41.7 Å². The highest BCUT2D eigenvalue weighted by Gasteiger charge is 2.37. The summed E-state index contributed by atoms with van der Waals surface area (Å²) in [6.45, 7) is -0.00668. The maximum Gasteiger partial charge on any atom is 0.338 e. The Labute approximate surface area is 190 Å². The van der Waals surface area contributed by atoms with Crippen LogP contribution in [0.25, 0.3) is 0 Å². The number of rotatable bonds is 10. The van der Waals surface area contributed by atoms with Crippen LogP contribution in [0.2, 0.25) is 0 Å². The number of carbonyl (C=O) groups is 4. The third-order valence-electron chi connectivity index (χ3n) is 5.27. The number of benzene rings is 2. The van der Waals surface area contributed by atoms with E-state index in [9.17, 15) is 23.6 Å².